The molecular weight excluding hydrogens is 408 g/mol. The smallest absolute Gasteiger partial charge is 0.291 e. The molecule has 0 bridgehead atoms. The topological polar surface area (TPSA) is 68.3 Å². The molecule has 6 heteroatoms. The van der Waals surface area contributed by atoms with Crippen molar-refractivity contribution in [1.29, 1.82) is 0 Å². The minimum atomic E-state index is -0.315. The van der Waals surface area contributed by atoms with Crippen LogP contribution in [0.5, 0.6) is 0 Å². The second-order valence-corrected chi connectivity index (χ2v) is 7.29. The van der Waals surface area contributed by atoms with Gasteiger partial charge < -0.3 is 14.2 Å². The summed E-state index contributed by atoms with van der Waals surface area (Å²) in [6, 6.07) is 13.0. The van der Waals surface area contributed by atoms with Gasteiger partial charge in [-0.15, -0.1) is 0 Å². The van der Waals surface area contributed by atoms with Crippen LogP contribution in [0.3, 0.4) is 0 Å². The molecule has 0 spiro atoms. The van der Waals surface area contributed by atoms with E-state index < -0.39 is 0 Å². The van der Waals surface area contributed by atoms with E-state index in [1.807, 2.05) is 44.2 Å². The molecule has 2 aromatic heterocycles. The summed E-state index contributed by atoms with van der Waals surface area (Å²) >= 11 is 3.20. The van der Waals surface area contributed by atoms with Crippen molar-refractivity contribution in [3.05, 3.63) is 69.6 Å². The van der Waals surface area contributed by atoms with Crippen molar-refractivity contribution in [3.63, 3.8) is 0 Å². The Balaban J connectivity index is 1.68. The number of halogens is 1. The largest absolute Gasteiger partial charge is 0.444 e. The molecule has 4 aromatic rings. The fourth-order valence-electron chi connectivity index (χ4n) is 2.81. The molecule has 5 nitrogen and oxygen atoms in total. The number of hydrogen-bond donors (Lipinski definition) is 1. The number of furan rings is 1. The molecule has 27 heavy (non-hydrogen) atoms. The highest BCUT2D eigenvalue weighted by Gasteiger charge is 2.15. The van der Waals surface area contributed by atoms with E-state index in [1.165, 1.54) is 5.56 Å². The zero-order valence-electron chi connectivity index (χ0n) is 15.1. The van der Waals surface area contributed by atoms with Crippen LogP contribution in [0.1, 0.15) is 27.2 Å². The molecule has 0 aliphatic heterocycles. The van der Waals surface area contributed by atoms with Crippen LogP contribution in [-0.2, 0) is 0 Å². The summed E-state index contributed by atoms with van der Waals surface area (Å²) in [7, 11) is 0. The zero-order chi connectivity index (χ0) is 19.1. The van der Waals surface area contributed by atoms with E-state index in [2.05, 4.69) is 33.2 Å². The third kappa shape index (κ3) is 3.40. The number of aryl methyl sites for hydroxylation is 3. The predicted octanol–water partition coefficient (Wildman–Crippen LogP) is 6.03. The summed E-state index contributed by atoms with van der Waals surface area (Å²) in [4.78, 5) is 17.0. The number of nitrogens with one attached hydrogen (secondary N) is 1. The monoisotopic (exact) mass is 424 g/mol. The lowest BCUT2D eigenvalue weighted by atomic mass is 10.1. The number of amides is 1. The molecule has 0 saturated heterocycles. The highest BCUT2D eigenvalue weighted by atomic mass is 79.9. The van der Waals surface area contributed by atoms with Gasteiger partial charge in [0.25, 0.3) is 5.91 Å². The number of rotatable bonds is 3. The first-order valence-corrected chi connectivity index (χ1v) is 9.25. The average molecular weight is 425 g/mol. The third-order valence-corrected chi connectivity index (χ3v) is 4.96. The van der Waals surface area contributed by atoms with Crippen LogP contribution in [0.25, 0.3) is 22.6 Å². The van der Waals surface area contributed by atoms with Crippen LogP contribution < -0.4 is 5.32 Å². The van der Waals surface area contributed by atoms with E-state index >= 15 is 0 Å². The van der Waals surface area contributed by atoms with Gasteiger partial charge in [-0.05, 0) is 89.8 Å². The summed E-state index contributed by atoms with van der Waals surface area (Å²) in [5, 5.41) is 2.88. The first-order chi connectivity index (χ1) is 12.9. The Labute approximate surface area is 164 Å². The van der Waals surface area contributed by atoms with Crippen molar-refractivity contribution >= 4 is 38.6 Å². The van der Waals surface area contributed by atoms with Gasteiger partial charge in [0.2, 0.25) is 5.89 Å². The van der Waals surface area contributed by atoms with Gasteiger partial charge >= 0.3 is 0 Å². The first kappa shape index (κ1) is 17.5. The Hall–Kier alpha value is -2.86. The molecular formula is C21H17BrN2O3. The third-order valence-electron chi connectivity index (χ3n) is 4.53. The van der Waals surface area contributed by atoms with Gasteiger partial charge in [-0.3, -0.25) is 4.79 Å². The van der Waals surface area contributed by atoms with E-state index in [0.717, 1.165) is 27.8 Å². The Bertz CT molecular complexity index is 1130. The molecule has 0 fully saturated rings. The maximum absolute atomic E-state index is 12.4. The second kappa shape index (κ2) is 6.70. The summed E-state index contributed by atoms with van der Waals surface area (Å²) < 4.78 is 11.7. The summed E-state index contributed by atoms with van der Waals surface area (Å²) in [6.07, 6.45) is 0. The number of nitrogens with zero attached hydrogens (tertiary/aromatic N) is 1. The number of fused-ring (bicyclic) bond motifs is 1. The number of benzene rings is 2. The van der Waals surface area contributed by atoms with Gasteiger partial charge in [0.15, 0.2) is 16.0 Å². The van der Waals surface area contributed by atoms with Crippen LogP contribution in [0, 0.1) is 20.8 Å². The van der Waals surface area contributed by atoms with Crippen molar-refractivity contribution in [2.75, 3.05) is 5.32 Å². The molecule has 0 radical (unpaired) electrons. The lowest BCUT2D eigenvalue weighted by Crippen LogP contribution is -2.11. The minimum Gasteiger partial charge on any atom is -0.444 e. The van der Waals surface area contributed by atoms with Crippen molar-refractivity contribution in [2.45, 2.75) is 20.8 Å². The SMILES string of the molecule is Cc1cc2nc(-c3ccc(C)c(NC(=O)c4ccc(Br)o4)c3)oc2cc1C. The standard InChI is InChI=1S/C21H17BrN2O3/c1-11-4-5-14(10-15(11)23-20(25)17-6-7-19(22)26-17)21-24-16-8-12(2)13(3)9-18(16)27-21/h4-10H,1-3H3,(H,23,25). The number of anilines is 1. The molecule has 0 aliphatic rings. The van der Waals surface area contributed by atoms with E-state index in [1.54, 1.807) is 12.1 Å². The minimum absolute atomic E-state index is 0.236. The summed E-state index contributed by atoms with van der Waals surface area (Å²) in [6.45, 7) is 6.02. The van der Waals surface area contributed by atoms with E-state index in [0.29, 0.717) is 16.2 Å². The molecule has 1 N–H and O–H groups in total. The number of carbonyl (C=O) groups excluding carboxylic acids is 1. The summed E-state index contributed by atoms with van der Waals surface area (Å²) in [5.74, 6) is 0.440. The maximum atomic E-state index is 12.4. The number of oxazole rings is 1. The number of aromatic nitrogens is 1. The average Bonchev–Trinajstić information content (AvgIpc) is 3.23. The summed E-state index contributed by atoms with van der Waals surface area (Å²) in [5.41, 5.74) is 6.30. The highest BCUT2D eigenvalue weighted by molar-refractivity contribution is 9.10. The van der Waals surface area contributed by atoms with Gasteiger partial charge in [-0.1, -0.05) is 6.07 Å². The Morgan fingerprint density at radius 2 is 1.74 bits per heavy atom. The van der Waals surface area contributed by atoms with Crippen LogP contribution >= 0.6 is 15.9 Å². The molecule has 0 saturated carbocycles. The highest BCUT2D eigenvalue weighted by Crippen LogP contribution is 2.29. The fraction of sp³-hybridized carbons (Fsp3) is 0.143. The molecule has 0 aliphatic carbocycles. The molecule has 0 atom stereocenters. The number of hydrogen-bond acceptors (Lipinski definition) is 4. The zero-order valence-corrected chi connectivity index (χ0v) is 16.7. The molecule has 136 valence electrons. The van der Waals surface area contributed by atoms with Gasteiger partial charge in [0.1, 0.15) is 5.52 Å². The Morgan fingerprint density at radius 3 is 2.48 bits per heavy atom. The van der Waals surface area contributed by atoms with Crippen molar-refractivity contribution < 1.29 is 13.6 Å². The van der Waals surface area contributed by atoms with Crippen molar-refractivity contribution in [3.8, 4) is 11.5 Å². The predicted molar refractivity (Wildman–Crippen MR) is 108 cm³/mol. The quantitative estimate of drug-likeness (QED) is 0.435. The van der Waals surface area contributed by atoms with E-state index in [-0.39, 0.29) is 11.7 Å². The van der Waals surface area contributed by atoms with E-state index in [4.69, 9.17) is 8.83 Å². The van der Waals surface area contributed by atoms with E-state index in [9.17, 15) is 4.79 Å². The van der Waals surface area contributed by atoms with Crippen molar-refractivity contribution in [2.24, 2.45) is 0 Å². The number of carbonyl (C=O) groups is 1. The van der Waals surface area contributed by atoms with Crippen molar-refractivity contribution in [1.82, 2.24) is 4.98 Å². The van der Waals surface area contributed by atoms with Crippen LogP contribution in [0.2, 0.25) is 0 Å². The molecule has 4 rings (SSSR count). The lowest BCUT2D eigenvalue weighted by molar-refractivity contribution is 0.0995. The van der Waals surface area contributed by atoms with Gasteiger partial charge in [-0.2, -0.15) is 0 Å². The van der Waals surface area contributed by atoms with Crippen LogP contribution in [0.15, 0.2) is 56.0 Å². The first-order valence-electron chi connectivity index (χ1n) is 8.46. The fourth-order valence-corrected chi connectivity index (χ4v) is 3.12. The van der Waals surface area contributed by atoms with Gasteiger partial charge in [0.05, 0.1) is 0 Å². The van der Waals surface area contributed by atoms with Gasteiger partial charge in [0, 0.05) is 11.3 Å². The molecule has 1 amide bonds. The Kier molecular flexibility index (Phi) is 4.36. The normalized spacial score (nSPS) is 11.1. The van der Waals surface area contributed by atoms with Crippen LogP contribution in [-0.4, -0.2) is 10.9 Å². The van der Waals surface area contributed by atoms with Gasteiger partial charge in [-0.25, -0.2) is 4.98 Å². The molecule has 2 aromatic carbocycles. The molecule has 2 heterocycles. The molecule has 0 unspecified atom stereocenters. The second-order valence-electron chi connectivity index (χ2n) is 6.51. The lowest BCUT2D eigenvalue weighted by Gasteiger charge is -2.08. The Morgan fingerprint density at radius 1 is 0.963 bits per heavy atom. The maximum Gasteiger partial charge on any atom is 0.291 e. The van der Waals surface area contributed by atoms with Crippen LogP contribution in [0.4, 0.5) is 5.69 Å².